The fraction of sp³-hybridized carbons (Fsp3) is 0.273. The van der Waals surface area contributed by atoms with Crippen LogP contribution in [0.2, 0.25) is 0 Å². The van der Waals surface area contributed by atoms with E-state index in [9.17, 15) is 8.78 Å². The predicted molar refractivity (Wildman–Crippen MR) is 51.7 cm³/mol. The Morgan fingerprint density at radius 1 is 1.36 bits per heavy atom. The summed E-state index contributed by atoms with van der Waals surface area (Å²) in [7, 11) is 0. The second kappa shape index (κ2) is 4.33. The molecule has 0 bridgehead atoms. The molecule has 14 heavy (non-hydrogen) atoms. The molecule has 1 N–H and O–H groups in total. The average Bonchev–Trinajstić information content (AvgIpc) is 2.11. The van der Waals surface area contributed by atoms with E-state index in [-0.39, 0.29) is 5.56 Å². The highest BCUT2D eigenvalue weighted by atomic mass is 19.1. The van der Waals surface area contributed by atoms with Gasteiger partial charge in [0.25, 0.3) is 0 Å². The van der Waals surface area contributed by atoms with Crippen LogP contribution >= 0.6 is 0 Å². The second-order valence-corrected chi connectivity index (χ2v) is 3.20. The van der Waals surface area contributed by atoms with Gasteiger partial charge in [0.2, 0.25) is 0 Å². The van der Waals surface area contributed by atoms with E-state index in [1.165, 1.54) is 24.3 Å². The summed E-state index contributed by atoms with van der Waals surface area (Å²) >= 11 is 0. The molecule has 0 aromatic heterocycles. The summed E-state index contributed by atoms with van der Waals surface area (Å²) in [4.78, 5) is 0. The van der Waals surface area contributed by atoms with Gasteiger partial charge in [0.05, 0.1) is 6.10 Å². The van der Waals surface area contributed by atoms with Crippen LogP contribution in [0.3, 0.4) is 0 Å². The van der Waals surface area contributed by atoms with Crippen LogP contribution in [0.25, 0.3) is 6.08 Å². The van der Waals surface area contributed by atoms with Gasteiger partial charge in [-0.25, -0.2) is 8.78 Å². The number of aliphatic hydroxyl groups is 1. The second-order valence-electron chi connectivity index (χ2n) is 3.20. The molecule has 1 aromatic rings. The highest BCUT2D eigenvalue weighted by molar-refractivity contribution is 5.54. The zero-order valence-electron chi connectivity index (χ0n) is 8.09. The number of hydrogen-bond donors (Lipinski definition) is 1. The van der Waals surface area contributed by atoms with Crippen LogP contribution in [0, 0.1) is 11.6 Å². The first-order valence-corrected chi connectivity index (χ1v) is 4.32. The third-order valence-electron chi connectivity index (χ3n) is 2.03. The summed E-state index contributed by atoms with van der Waals surface area (Å²) in [6, 6.07) is 3.67. The van der Waals surface area contributed by atoms with Gasteiger partial charge in [-0.1, -0.05) is 6.07 Å². The number of hydrogen-bond acceptors (Lipinski definition) is 1. The van der Waals surface area contributed by atoms with Crippen LogP contribution in [0.5, 0.6) is 0 Å². The summed E-state index contributed by atoms with van der Waals surface area (Å²) in [5.41, 5.74) is 0.417. The van der Waals surface area contributed by atoms with Crippen molar-refractivity contribution in [3.05, 3.63) is 41.0 Å². The molecule has 3 heteroatoms. The van der Waals surface area contributed by atoms with Gasteiger partial charge in [-0.05, 0) is 37.6 Å². The summed E-state index contributed by atoms with van der Waals surface area (Å²) in [5.74, 6) is -1.24. The fourth-order valence-corrected chi connectivity index (χ4v) is 0.997. The summed E-state index contributed by atoms with van der Waals surface area (Å²) in [6.07, 6.45) is 0.615. The van der Waals surface area contributed by atoms with Crippen molar-refractivity contribution < 1.29 is 13.9 Å². The van der Waals surface area contributed by atoms with Gasteiger partial charge in [-0.15, -0.1) is 0 Å². The van der Waals surface area contributed by atoms with Crippen molar-refractivity contribution in [3.8, 4) is 0 Å². The average molecular weight is 198 g/mol. The van der Waals surface area contributed by atoms with E-state index < -0.39 is 17.7 Å². The first-order chi connectivity index (χ1) is 6.52. The van der Waals surface area contributed by atoms with Crippen LogP contribution < -0.4 is 0 Å². The monoisotopic (exact) mass is 198 g/mol. The maximum Gasteiger partial charge on any atom is 0.133 e. The van der Waals surface area contributed by atoms with Crippen molar-refractivity contribution in [1.29, 1.82) is 0 Å². The predicted octanol–water partition coefficient (Wildman–Crippen LogP) is 2.75. The molecule has 1 rings (SSSR count). The molecule has 1 atom stereocenters. The molecule has 1 nitrogen and oxygen atoms in total. The number of halogens is 2. The molecule has 0 saturated heterocycles. The van der Waals surface area contributed by atoms with Gasteiger partial charge < -0.3 is 5.11 Å². The molecule has 0 aliphatic heterocycles. The molecule has 0 spiro atoms. The van der Waals surface area contributed by atoms with E-state index in [1.807, 2.05) is 0 Å². The van der Waals surface area contributed by atoms with Crippen LogP contribution in [-0.4, -0.2) is 11.2 Å². The van der Waals surface area contributed by atoms with E-state index in [1.54, 1.807) is 13.8 Å². The lowest BCUT2D eigenvalue weighted by Crippen LogP contribution is -2.01. The Morgan fingerprint density at radius 3 is 2.29 bits per heavy atom. The molecule has 0 amide bonds. The van der Waals surface area contributed by atoms with Crippen LogP contribution in [0.1, 0.15) is 19.4 Å². The van der Waals surface area contributed by atoms with E-state index in [0.29, 0.717) is 5.57 Å². The first kappa shape index (κ1) is 10.9. The Bertz CT molecular complexity index is 336. The van der Waals surface area contributed by atoms with Crippen LogP contribution in [0.15, 0.2) is 23.8 Å². The molecule has 1 unspecified atom stereocenters. The zero-order chi connectivity index (χ0) is 10.7. The van der Waals surface area contributed by atoms with Crippen molar-refractivity contribution in [1.82, 2.24) is 0 Å². The van der Waals surface area contributed by atoms with Crippen molar-refractivity contribution in [2.45, 2.75) is 20.0 Å². The SMILES string of the molecule is C/C(=C\c1c(F)cccc1F)C(C)O. The van der Waals surface area contributed by atoms with E-state index in [2.05, 4.69) is 0 Å². The zero-order valence-corrected chi connectivity index (χ0v) is 8.09. The molecule has 0 aliphatic rings. The van der Waals surface area contributed by atoms with Gasteiger partial charge in [0.15, 0.2) is 0 Å². The van der Waals surface area contributed by atoms with Crippen molar-refractivity contribution in [2.24, 2.45) is 0 Å². The summed E-state index contributed by atoms with van der Waals surface area (Å²) in [5, 5.41) is 9.15. The molecule has 76 valence electrons. The molecule has 0 aliphatic carbocycles. The molecule has 0 radical (unpaired) electrons. The molecular weight excluding hydrogens is 186 g/mol. The van der Waals surface area contributed by atoms with E-state index in [0.717, 1.165) is 0 Å². The number of benzene rings is 1. The smallest absolute Gasteiger partial charge is 0.133 e. The van der Waals surface area contributed by atoms with Crippen LogP contribution in [-0.2, 0) is 0 Å². The van der Waals surface area contributed by atoms with Crippen LogP contribution in [0.4, 0.5) is 8.78 Å². The van der Waals surface area contributed by atoms with Gasteiger partial charge in [-0.3, -0.25) is 0 Å². The Balaban J connectivity index is 3.14. The highest BCUT2D eigenvalue weighted by Crippen LogP contribution is 2.16. The Hall–Kier alpha value is -1.22. The quantitative estimate of drug-likeness (QED) is 0.774. The van der Waals surface area contributed by atoms with Gasteiger partial charge in [0.1, 0.15) is 11.6 Å². The third kappa shape index (κ3) is 2.39. The van der Waals surface area contributed by atoms with Crippen molar-refractivity contribution in [2.75, 3.05) is 0 Å². The molecule has 0 heterocycles. The lowest BCUT2D eigenvalue weighted by atomic mass is 10.1. The van der Waals surface area contributed by atoms with Crippen molar-refractivity contribution in [3.63, 3.8) is 0 Å². The minimum Gasteiger partial charge on any atom is -0.389 e. The maximum atomic E-state index is 13.1. The standard InChI is InChI=1S/C11H12F2O/c1-7(8(2)14)6-9-10(12)4-3-5-11(9)13/h3-6,8,14H,1-2H3/b7-6+. The lowest BCUT2D eigenvalue weighted by molar-refractivity contribution is 0.232. The molecule has 0 saturated carbocycles. The first-order valence-electron chi connectivity index (χ1n) is 4.32. The lowest BCUT2D eigenvalue weighted by Gasteiger charge is -2.05. The van der Waals surface area contributed by atoms with Crippen molar-refractivity contribution >= 4 is 6.08 Å². The minimum atomic E-state index is -0.700. The summed E-state index contributed by atoms with van der Waals surface area (Å²) in [6.45, 7) is 3.17. The van der Waals surface area contributed by atoms with Gasteiger partial charge >= 0.3 is 0 Å². The molecular formula is C11H12F2O. The molecule has 1 aromatic carbocycles. The van der Waals surface area contributed by atoms with Gasteiger partial charge in [0, 0.05) is 5.56 Å². The Kier molecular flexibility index (Phi) is 3.36. The van der Waals surface area contributed by atoms with Gasteiger partial charge in [-0.2, -0.15) is 0 Å². The third-order valence-corrected chi connectivity index (χ3v) is 2.03. The summed E-state index contributed by atoms with van der Waals surface area (Å²) < 4.78 is 26.2. The van der Waals surface area contributed by atoms with E-state index >= 15 is 0 Å². The minimum absolute atomic E-state index is 0.106. The number of rotatable bonds is 2. The molecule has 0 fully saturated rings. The normalized spacial score (nSPS) is 14.2. The largest absolute Gasteiger partial charge is 0.389 e. The highest BCUT2D eigenvalue weighted by Gasteiger charge is 2.07. The topological polar surface area (TPSA) is 20.2 Å². The Morgan fingerprint density at radius 2 is 1.86 bits per heavy atom. The van der Waals surface area contributed by atoms with E-state index in [4.69, 9.17) is 5.11 Å². The Labute approximate surface area is 81.7 Å². The maximum absolute atomic E-state index is 13.1. The number of aliphatic hydroxyl groups excluding tert-OH is 1. The fourth-order valence-electron chi connectivity index (χ4n) is 0.997.